The normalized spacial score (nSPS) is 10.6. The molecule has 1 amide bonds. The largest absolute Gasteiger partial charge is 0.494 e. The standard InChI is InChI=1S/C25H23BrN2O5/c1-2-14-31-22-11-8-18(9-12-22)25(30)33-23-13-10-20(26)15-19(23)16-27-28-24(29)17-32-21-6-4-3-5-7-21/h3-13,15-16H,2,14,17H2,1H3,(H,28,29)/b27-16-. The van der Waals surface area contributed by atoms with E-state index in [1.54, 1.807) is 54.6 Å². The Morgan fingerprint density at radius 3 is 2.42 bits per heavy atom. The van der Waals surface area contributed by atoms with Crippen LogP contribution in [0.15, 0.2) is 82.4 Å². The maximum atomic E-state index is 12.6. The fourth-order valence-corrected chi connectivity index (χ4v) is 3.03. The molecule has 3 aromatic carbocycles. The Morgan fingerprint density at radius 2 is 1.70 bits per heavy atom. The summed E-state index contributed by atoms with van der Waals surface area (Å²) in [5.41, 5.74) is 3.28. The van der Waals surface area contributed by atoms with Gasteiger partial charge in [-0.3, -0.25) is 4.79 Å². The van der Waals surface area contributed by atoms with Gasteiger partial charge in [-0.05, 0) is 61.0 Å². The van der Waals surface area contributed by atoms with Crippen molar-refractivity contribution in [3.05, 3.63) is 88.4 Å². The van der Waals surface area contributed by atoms with Crippen molar-refractivity contribution in [1.29, 1.82) is 0 Å². The molecule has 8 heteroatoms. The zero-order valence-corrected chi connectivity index (χ0v) is 19.6. The summed E-state index contributed by atoms with van der Waals surface area (Å²) in [6, 6.07) is 20.8. The second-order valence-electron chi connectivity index (χ2n) is 6.84. The zero-order chi connectivity index (χ0) is 23.5. The molecule has 1 N–H and O–H groups in total. The Balaban J connectivity index is 1.60. The molecule has 0 saturated carbocycles. The van der Waals surface area contributed by atoms with Crippen LogP contribution in [0.1, 0.15) is 29.3 Å². The average Bonchev–Trinajstić information content (AvgIpc) is 2.84. The molecule has 0 aliphatic carbocycles. The number of nitrogens with one attached hydrogen (secondary N) is 1. The van der Waals surface area contributed by atoms with E-state index in [1.165, 1.54) is 6.21 Å². The van der Waals surface area contributed by atoms with Gasteiger partial charge in [0.05, 0.1) is 18.4 Å². The number of ether oxygens (including phenoxy) is 3. The minimum atomic E-state index is -0.519. The number of hydrogen-bond donors (Lipinski definition) is 1. The highest BCUT2D eigenvalue weighted by Gasteiger charge is 2.12. The predicted octanol–water partition coefficient (Wildman–Crippen LogP) is 4.99. The van der Waals surface area contributed by atoms with Crippen molar-refractivity contribution in [3.63, 3.8) is 0 Å². The van der Waals surface area contributed by atoms with E-state index in [1.807, 2.05) is 25.1 Å². The summed E-state index contributed by atoms with van der Waals surface area (Å²) in [7, 11) is 0. The number of amides is 1. The zero-order valence-electron chi connectivity index (χ0n) is 18.0. The van der Waals surface area contributed by atoms with Crippen molar-refractivity contribution in [2.45, 2.75) is 13.3 Å². The molecular weight excluding hydrogens is 488 g/mol. The molecule has 0 spiro atoms. The quantitative estimate of drug-likeness (QED) is 0.180. The number of carbonyl (C=O) groups excluding carboxylic acids is 2. The summed E-state index contributed by atoms with van der Waals surface area (Å²) >= 11 is 3.38. The van der Waals surface area contributed by atoms with Crippen LogP contribution in [-0.4, -0.2) is 31.3 Å². The van der Waals surface area contributed by atoms with Crippen LogP contribution in [0.25, 0.3) is 0 Å². The monoisotopic (exact) mass is 510 g/mol. The van der Waals surface area contributed by atoms with E-state index in [-0.39, 0.29) is 6.61 Å². The van der Waals surface area contributed by atoms with Gasteiger partial charge in [0.25, 0.3) is 5.91 Å². The topological polar surface area (TPSA) is 86.2 Å². The number of hydrogen-bond acceptors (Lipinski definition) is 6. The highest BCUT2D eigenvalue weighted by atomic mass is 79.9. The molecule has 0 radical (unpaired) electrons. The highest BCUT2D eigenvalue weighted by molar-refractivity contribution is 9.10. The van der Waals surface area contributed by atoms with Crippen LogP contribution in [0.2, 0.25) is 0 Å². The highest BCUT2D eigenvalue weighted by Crippen LogP contribution is 2.23. The van der Waals surface area contributed by atoms with E-state index in [0.29, 0.717) is 35.0 Å². The first-order valence-electron chi connectivity index (χ1n) is 10.3. The molecule has 0 aliphatic rings. The van der Waals surface area contributed by atoms with Crippen molar-refractivity contribution >= 4 is 34.0 Å². The number of carbonyl (C=O) groups is 2. The van der Waals surface area contributed by atoms with Crippen molar-refractivity contribution < 1.29 is 23.8 Å². The van der Waals surface area contributed by atoms with Crippen molar-refractivity contribution in [2.75, 3.05) is 13.2 Å². The molecule has 170 valence electrons. The Hall–Kier alpha value is -3.65. The molecular formula is C25H23BrN2O5. The minimum Gasteiger partial charge on any atom is -0.494 e. The van der Waals surface area contributed by atoms with Crippen LogP contribution in [-0.2, 0) is 4.79 Å². The smallest absolute Gasteiger partial charge is 0.343 e. The Kier molecular flexibility index (Phi) is 9.02. The van der Waals surface area contributed by atoms with Gasteiger partial charge in [-0.1, -0.05) is 41.1 Å². The molecule has 0 bridgehead atoms. The van der Waals surface area contributed by atoms with E-state index in [2.05, 4.69) is 26.5 Å². The lowest BCUT2D eigenvalue weighted by Crippen LogP contribution is -2.24. The third-order valence-electron chi connectivity index (χ3n) is 4.24. The first-order chi connectivity index (χ1) is 16.0. The van der Waals surface area contributed by atoms with Gasteiger partial charge >= 0.3 is 5.97 Å². The molecule has 0 aromatic heterocycles. The third kappa shape index (κ3) is 7.76. The van der Waals surface area contributed by atoms with Crippen LogP contribution < -0.4 is 19.6 Å². The van der Waals surface area contributed by atoms with Gasteiger partial charge in [-0.25, -0.2) is 10.2 Å². The summed E-state index contributed by atoms with van der Waals surface area (Å²) in [6.07, 6.45) is 2.30. The maximum absolute atomic E-state index is 12.6. The van der Waals surface area contributed by atoms with Gasteiger partial charge in [0.1, 0.15) is 17.2 Å². The van der Waals surface area contributed by atoms with Crippen molar-refractivity contribution in [3.8, 4) is 17.2 Å². The van der Waals surface area contributed by atoms with E-state index in [4.69, 9.17) is 14.2 Å². The molecule has 0 unspecified atom stereocenters. The number of para-hydroxylation sites is 1. The summed E-state index contributed by atoms with van der Waals surface area (Å²) in [5, 5.41) is 3.94. The van der Waals surface area contributed by atoms with Gasteiger partial charge in [0.2, 0.25) is 0 Å². The SMILES string of the molecule is CCCOc1ccc(C(=O)Oc2ccc(Br)cc2/C=N\NC(=O)COc2ccccc2)cc1. The average molecular weight is 511 g/mol. The van der Waals surface area contributed by atoms with Gasteiger partial charge < -0.3 is 14.2 Å². The third-order valence-corrected chi connectivity index (χ3v) is 4.74. The first-order valence-corrected chi connectivity index (χ1v) is 11.1. The number of benzene rings is 3. The van der Waals surface area contributed by atoms with Crippen LogP contribution in [0.5, 0.6) is 17.2 Å². The molecule has 0 aliphatic heterocycles. The fraction of sp³-hybridized carbons (Fsp3) is 0.160. The van der Waals surface area contributed by atoms with Gasteiger partial charge in [-0.15, -0.1) is 0 Å². The summed E-state index contributed by atoms with van der Waals surface area (Å²) in [6.45, 7) is 2.45. The van der Waals surface area contributed by atoms with Gasteiger partial charge in [-0.2, -0.15) is 5.10 Å². The van der Waals surface area contributed by atoms with Crippen LogP contribution in [0.3, 0.4) is 0 Å². The Morgan fingerprint density at radius 1 is 0.970 bits per heavy atom. The number of nitrogens with zero attached hydrogens (tertiary/aromatic N) is 1. The molecule has 0 fully saturated rings. The van der Waals surface area contributed by atoms with Crippen molar-refractivity contribution in [1.82, 2.24) is 5.43 Å². The lowest BCUT2D eigenvalue weighted by Gasteiger charge is -2.09. The number of halogens is 1. The maximum Gasteiger partial charge on any atom is 0.343 e. The van der Waals surface area contributed by atoms with E-state index in [0.717, 1.165) is 10.9 Å². The van der Waals surface area contributed by atoms with Gasteiger partial charge in [0.15, 0.2) is 6.61 Å². The predicted molar refractivity (Wildman–Crippen MR) is 129 cm³/mol. The first kappa shape index (κ1) is 24.0. The number of esters is 1. The molecule has 3 rings (SSSR count). The molecule has 0 atom stereocenters. The minimum absolute atomic E-state index is 0.181. The Labute approximate surface area is 200 Å². The molecule has 0 heterocycles. The van der Waals surface area contributed by atoms with E-state index in [9.17, 15) is 9.59 Å². The molecule has 7 nitrogen and oxygen atoms in total. The second kappa shape index (κ2) is 12.4. The summed E-state index contributed by atoms with van der Waals surface area (Å²) < 4.78 is 17.2. The number of rotatable bonds is 10. The molecule has 0 saturated heterocycles. The van der Waals surface area contributed by atoms with Crippen LogP contribution in [0, 0.1) is 0 Å². The van der Waals surface area contributed by atoms with Crippen LogP contribution >= 0.6 is 15.9 Å². The van der Waals surface area contributed by atoms with Gasteiger partial charge in [0, 0.05) is 10.0 Å². The molecule has 3 aromatic rings. The lowest BCUT2D eigenvalue weighted by molar-refractivity contribution is -0.123. The van der Waals surface area contributed by atoms with Crippen LogP contribution in [0.4, 0.5) is 0 Å². The van der Waals surface area contributed by atoms with E-state index < -0.39 is 11.9 Å². The van der Waals surface area contributed by atoms with Crippen molar-refractivity contribution in [2.24, 2.45) is 5.10 Å². The number of hydrazone groups is 1. The Bertz CT molecular complexity index is 1100. The van der Waals surface area contributed by atoms with E-state index >= 15 is 0 Å². The molecule has 33 heavy (non-hydrogen) atoms. The lowest BCUT2D eigenvalue weighted by atomic mass is 10.2. The fourth-order valence-electron chi connectivity index (χ4n) is 2.65. The summed E-state index contributed by atoms with van der Waals surface area (Å²) in [4.78, 5) is 24.5. The second-order valence-corrected chi connectivity index (χ2v) is 7.76. The summed E-state index contributed by atoms with van der Waals surface area (Å²) in [5.74, 6) is 0.635.